The number of carboxylic acid groups (broad SMARTS) is 1. The van der Waals surface area contributed by atoms with E-state index in [1.165, 1.54) is 0 Å². The van der Waals surface area contributed by atoms with Crippen molar-refractivity contribution in [3.05, 3.63) is 51.8 Å². The molecule has 0 aliphatic heterocycles. The van der Waals surface area contributed by atoms with Crippen LogP contribution in [-0.4, -0.2) is 20.9 Å². The summed E-state index contributed by atoms with van der Waals surface area (Å²) in [4.78, 5) is 11.5. The predicted molar refractivity (Wildman–Crippen MR) is 76.2 cm³/mol. The van der Waals surface area contributed by atoms with Gasteiger partial charge in [0.2, 0.25) is 0 Å². The Balaban J connectivity index is 2.35. The lowest BCUT2D eigenvalue weighted by Crippen LogP contribution is -2.16. The molecule has 4 nitrogen and oxygen atoms in total. The highest BCUT2D eigenvalue weighted by molar-refractivity contribution is 9.10. The summed E-state index contributed by atoms with van der Waals surface area (Å²) in [7, 11) is 1.83. The summed E-state index contributed by atoms with van der Waals surface area (Å²) in [5, 5.41) is 13.7. The number of carboxylic acids is 1. The number of hydrogen-bond acceptors (Lipinski definition) is 2. The Bertz CT molecular complexity index is 607. The average molecular weight is 323 g/mol. The highest BCUT2D eigenvalue weighted by Gasteiger charge is 2.23. The number of benzene rings is 1. The second-order valence-corrected chi connectivity index (χ2v) is 5.37. The Morgan fingerprint density at radius 2 is 2.16 bits per heavy atom. The molecule has 5 heteroatoms. The Morgan fingerprint density at radius 1 is 1.47 bits per heavy atom. The Kier molecular flexibility index (Phi) is 4.04. The molecule has 1 aromatic heterocycles. The number of carbonyl (C=O) groups is 1. The van der Waals surface area contributed by atoms with E-state index in [-0.39, 0.29) is 0 Å². The molecule has 0 aliphatic rings. The number of rotatable bonds is 4. The van der Waals surface area contributed by atoms with Gasteiger partial charge >= 0.3 is 5.97 Å². The van der Waals surface area contributed by atoms with E-state index < -0.39 is 11.9 Å². The molecule has 100 valence electrons. The van der Waals surface area contributed by atoms with Gasteiger partial charge in [-0.2, -0.15) is 5.10 Å². The zero-order chi connectivity index (χ0) is 14.0. The van der Waals surface area contributed by atoms with E-state index in [0.717, 1.165) is 21.4 Å². The minimum atomic E-state index is -0.828. The van der Waals surface area contributed by atoms with Crippen LogP contribution in [0.1, 0.15) is 22.9 Å². The summed E-state index contributed by atoms with van der Waals surface area (Å²) in [6.45, 7) is 1.90. The average Bonchev–Trinajstić information content (AvgIpc) is 2.65. The van der Waals surface area contributed by atoms with Crippen LogP contribution in [0.2, 0.25) is 0 Å². The van der Waals surface area contributed by atoms with Crippen molar-refractivity contribution in [1.29, 1.82) is 0 Å². The molecular weight excluding hydrogens is 308 g/mol. The molecule has 2 aromatic rings. The highest BCUT2D eigenvalue weighted by Crippen LogP contribution is 2.28. The smallest absolute Gasteiger partial charge is 0.311 e. The molecule has 0 aliphatic carbocycles. The third kappa shape index (κ3) is 3.04. The van der Waals surface area contributed by atoms with Crippen molar-refractivity contribution >= 4 is 21.9 Å². The minimum absolute atomic E-state index is 0.426. The van der Waals surface area contributed by atoms with Crippen LogP contribution in [-0.2, 0) is 18.3 Å². The van der Waals surface area contributed by atoms with Crippen molar-refractivity contribution in [3.8, 4) is 0 Å². The van der Waals surface area contributed by atoms with Crippen molar-refractivity contribution in [2.45, 2.75) is 19.3 Å². The van der Waals surface area contributed by atoms with Gasteiger partial charge in [-0.05, 0) is 24.6 Å². The van der Waals surface area contributed by atoms with Crippen molar-refractivity contribution < 1.29 is 9.90 Å². The van der Waals surface area contributed by atoms with Crippen LogP contribution >= 0.6 is 15.9 Å². The molecule has 0 amide bonds. The van der Waals surface area contributed by atoms with Gasteiger partial charge in [0.25, 0.3) is 0 Å². The third-order valence-electron chi connectivity index (χ3n) is 3.09. The first kappa shape index (κ1) is 13.8. The first-order valence-electron chi connectivity index (χ1n) is 5.95. The van der Waals surface area contributed by atoms with E-state index >= 15 is 0 Å². The lowest BCUT2D eigenvalue weighted by Gasteiger charge is -2.14. The zero-order valence-electron chi connectivity index (χ0n) is 10.8. The zero-order valence-corrected chi connectivity index (χ0v) is 12.4. The fourth-order valence-corrected chi connectivity index (χ4v) is 2.71. The topological polar surface area (TPSA) is 55.1 Å². The largest absolute Gasteiger partial charge is 0.481 e. The summed E-state index contributed by atoms with van der Waals surface area (Å²) in [6, 6.07) is 9.35. The lowest BCUT2D eigenvalue weighted by molar-refractivity contribution is -0.138. The van der Waals surface area contributed by atoms with Gasteiger partial charge in [-0.1, -0.05) is 34.1 Å². The minimum Gasteiger partial charge on any atom is -0.481 e. The van der Waals surface area contributed by atoms with Gasteiger partial charge in [0.15, 0.2) is 0 Å². The molecule has 0 saturated heterocycles. The number of nitrogens with zero attached hydrogens (tertiary/aromatic N) is 2. The van der Waals surface area contributed by atoms with E-state index in [9.17, 15) is 9.90 Å². The maximum atomic E-state index is 11.5. The van der Waals surface area contributed by atoms with E-state index in [0.29, 0.717) is 6.42 Å². The van der Waals surface area contributed by atoms with E-state index in [4.69, 9.17) is 0 Å². The normalized spacial score (nSPS) is 12.4. The van der Waals surface area contributed by atoms with Crippen molar-refractivity contribution in [2.24, 2.45) is 7.05 Å². The summed E-state index contributed by atoms with van der Waals surface area (Å²) in [5.74, 6) is -1.41. The van der Waals surface area contributed by atoms with Crippen LogP contribution in [0.25, 0.3) is 0 Å². The molecule has 0 saturated carbocycles. The standard InChI is InChI=1S/C14H15BrN2O2/c1-9-7-10(17(2)16-9)8-12(14(18)19)11-5-3-4-6-13(11)15/h3-7,12H,8H2,1-2H3,(H,18,19). The summed E-state index contributed by atoms with van der Waals surface area (Å²) < 4.78 is 2.56. The van der Waals surface area contributed by atoms with Crippen LogP contribution in [0.15, 0.2) is 34.8 Å². The molecule has 1 N–H and O–H groups in total. The number of halogens is 1. The van der Waals surface area contributed by atoms with Gasteiger partial charge in [-0.3, -0.25) is 9.48 Å². The second-order valence-electron chi connectivity index (χ2n) is 4.52. The number of aryl methyl sites for hydroxylation is 2. The predicted octanol–water partition coefficient (Wildman–Crippen LogP) is 2.90. The third-order valence-corrected chi connectivity index (χ3v) is 3.81. The first-order valence-corrected chi connectivity index (χ1v) is 6.75. The SMILES string of the molecule is Cc1cc(CC(C(=O)O)c2ccccc2Br)n(C)n1. The summed E-state index contributed by atoms with van der Waals surface area (Å²) >= 11 is 3.42. The maximum absolute atomic E-state index is 11.5. The maximum Gasteiger partial charge on any atom is 0.311 e. The Morgan fingerprint density at radius 3 is 2.68 bits per heavy atom. The van der Waals surface area contributed by atoms with Gasteiger partial charge in [0.1, 0.15) is 0 Å². The fourth-order valence-electron chi connectivity index (χ4n) is 2.15. The highest BCUT2D eigenvalue weighted by atomic mass is 79.9. The van der Waals surface area contributed by atoms with Crippen molar-refractivity contribution in [2.75, 3.05) is 0 Å². The molecule has 1 unspecified atom stereocenters. The number of aromatic nitrogens is 2. The Labute approximate surface area is 120 Å². The monoisotopic (exact) mass is 322 g/mol. The Hall–Kier alpha value is -1.62. The van der Waals surface area contributed by atoms with Crippen molar-refractivity contribution in [3.63, 3.8) is 0 Å². The fraction of sp³-hybridized carbons (Fsp3) is 0.286. The second kappa shape index (κ2) is 5.57. The molecule has 0 fully saturated rings. The van der Waals surface area contributed by atoms with Crippen LogP contribution < -0.4 is 0 Å². The van der Waals surface area contributed by atoms with Gasteiger partial charge in [0, 0.05) is 23.6 Å². The van der Waals surface area contributed by atoms with Crippen LogP contribution in [0, 0.1) is 6.92 Å². The first-order chi connectivity index (χ1) is 8.99. The van der Waals surface area contributed by atoms with Gasteiger partial charge in [0.05, 0.1) is 11.6 Å². The molecule has 1 aromatic carbocycles. The molecule has 0 bridgehead atoms. The molecule has 0 spiro atoms. The molecule has 2 rings (SSSR count). The van der Waals surface area contributed by atoms with E-state index in [2.05, 4.69) is 21.0 Å². The lowest BCUT2D eigenvalue weighted by atomic mass is 9.94. The molecule has 0 radical (unpaired) electrons. The summed E-state index contributed by atoms with van der Waals surface area (Å²) in [6.07, 6.45) is 0.426. The summed E-state index contributed by atoms with van der Waals surface area (Å²) in [5.41, 5.74) is 2.60. The molecule has 1 atom stereocenters. The molecular formula is C14H15BrN2O2. The van der Waals surface area contributed by atoms with Crippen LogP contribution in [0.4, 0.5) is 0 Å². The van der Waals surface area contributed by atoms with Crippen LogP contribution in [0.3, 0.4) is 0 Å². The van der Waals surface area contributed by atoms with Gasteiger partial charge < -0.3 is 5.11 Å². The van der Waals surface area contributed by atoms with E-state index in [1.54, 1.807) is 4.68 Å². The van der Waals surface area contributed by atoms with Gasteiger partial charge in [-0.25, -0.2) is 0 Å². The molecule has 19 heavy (non-hydrogen) atoms. The van der Waals surface area contributed by atoms with Crippen molar-refractivity contribution in [1.82, 2.24) is 9.78 Å². The van der Waals surface area contributed by atoms with Crippen LogP contribution in [0.5, 0.6) is 0 Å². The number of hydrogen-bond donors (Lipinski definition) is 1. The number of aliphatic carboxylic acids is 1. The van der Waals surface area contributed by atoms with E-state index in [1.807, 2.05) is 44.3 Å². The van der Waals surface area contributed by atoms with Gasteiger partial charge in [-0.15, -0.1) is 0 Å². The molecule has 1 heterocycles. The quantitative estimate of drug-likeness (QED) is 0.941.